The van der Waals surface area contributed by atoms with E-state index in [0.29, 0.717) is 6.04 Å². The summed E-state index contributed by atoms with van der Waals surface area (Å²) in [5, 5.41) is 0. The zero-order valence-corrected chi connectivity index (χ0v) is 5.80. The third-order valence-corrected chi connectivity index (χ3v) is 2.38. The van der Waals surface area contributed by atoms with Crippen LogP contribution in [0.15, 0.2) is 0 Å². The van der Waals surface area contributed by atoms with E-state index in [1.165, 1.54) is 12.8 Å². The molecular formula is C7H11NO2. The van der Waals surface area contributed by atoms with Gasteiger partial charge in [-0.05, 0) is 12.8 Å². The smallest absolute Gasteiger partial charge is 0.329 e. The summed E-state index contributed by atoms with van der Waals surface area (Å²) in [6.45, 7) is 0. The van der Waals surface area contributed by atoms with Crippen LogP contribution in [0, 0.1) is 5.92 Å². The molecule has 56 valence electrons. The van der Waals surface area contributed by atoms with E-state index in [0.717, 1.165) is 12.8 Å². The van der Waals surface area contributed by atoms with Crippen molar-refractivity contribution in [2.24, 2.45) is 5.92 Å². The van der Waals surface area contributed by atoms with Gasteiger partial charge < -0.3 is 4.84 Å². The minimum atomic E-state index is -0.0512. The lowest BCUT2D eigenvalue weighted by Gasteiger charge is -2.19. The molecule has 0 amide bonds. The molecule has 3 heteroatoms. The summed E-state index contributed by atoms with van der Waals surface area (Å²) in [5.74, 6) is 0.110. The Bertz CT molecular complexity index is 158. The topological polar surface area (TPSA) is 38.3 Å². The molecule has 1 aliphatic carbocycles. The van der Waals surface area contributed by atoms with Crippen LogP contribution in [0.5, 0.6) is 0 Å². The van der Waals surface area contributed by atoms with Crippen LogP contribution in [-0.4, -0.2) is 12.0 Å². The maximum atomic E-state index is 10.9. The van der Waals surface area contributed by atoms with Gasteiger partial charge in [-0.15, -0.1) is 5.48 Å². The van der Waals surface area contributed by atoms with E-state index in [2.05, 4.69) is 5.48 Å². The standard InChI is InChI=1S/C7H11NO2/c9-7-5-3-1-2-4-6(5)8-10-7/h5-6,8H,1-4H2. The number of rotatable bonds is 0. The first kappa shape index (κ1) is 6.16. The molecule has 3 nitrogen and oxygen atoms in total. The molecule has 2 atom stereocenters. The fourth-order valence-corrected chi connectivity index (χ4v) is 1.76. The Labute approximate surface area is 59.7 Å². The third-order valence-electron chi connectivity index (χ3n) is 2.38. The van der Waals surface area contributed by atoms with Gasteiger partial charge in [-0.2, -0.15) is 0 Å². The highest BCUT2D eigenvalue weighted by Gasteiger charge is 2.38. The molecule has 2 fully saturated rings. The van der Waals surface area contributed by atoms with E-state index in [-0.39, 0.29) is 11.9 Å². The van der Waals surface area contributed by atoms with E-state index >= 15 is 0 Å². The van der Waals surface area contributed by atoms with Gasteiger partial charge in [0.05, 0.1) is 12.0 Å². The third kappa shape index (κ3) is 0.814. The minimum Gasteiger partial charge on any atom is -0.370 e. The number of nitrogens with one attached hydrogen (secondary N) is 1. The van der Waals surface area contributed by atoms with Crippen LogP contribution in [-0.2, 0) is 9.63 Å². The maximum absolute atomic E-state index is 10.9. The summed E-state index contributed by atoms with van der Waals surface area (Å²) >= 11 is 0. The molecule has 2 aliphatic rings. The first-order chi connectivity index (χ1) is 4.88. The van der Waals surface area contributed by atoms with Crippen LogP contribution >= 0.6 is 0 Å². The Morgan fingerprint density at radius 1 is 1.40 bits per heavy atom. The first-order valence-corrected chi connectivity index (χ1v) is 3.84. The molecule has 1 saturated heterocycles. The van der Waals surface area contributed by atoms with Gasteiger partial charge in [-0.1, -0.05) is 12.8 Å². The van der Waals surface area contributed by atoms with Crippen LogP contribution in [0.1, 0.15) is 25.7 Å². The molecule has 0 spiro atoms. The molecular weight excluding hydrogens is 130 g/mol. The predicted molar refractivity (Wildman–Crippen MR) is 35.0 cm³/mol. The van der Waals surface area contributed by atoms with Crippen LogP contribution in [0.25, 0.3) is 0 Å². The second kappa shape index (κ2) is 2.23. The molecule has 1 saturated carbocycles. The highest BCUT2D eigenvalue weighted by atomic mass is 16.7. The van der Waals surface area contributed by atoms with Gasteiger partial charge in [0, 0.05) is 0 Å². The quantitative estimate of drug-likeness (QED) is 0.537. The van der Waals surface area contributed by atoms with Crippen LogP contribution in [0.4, 0.5) is 0 Å². The Balaban J connectivity index is 2.08. The van der Waals surface area contributed by atoms with Gasteiger partial charge in [0.2, 0.25) is 0 Å². The fraction of sp³-hybridized carbons (Fsp3) is 0.857. The normalized spacial score (nSPS) is 39.0. The van der Waals surface area contributed by atoms with Gasteiger partial charge in [-0.25, -0.2) is 4.79 Å². The van der Waals surface area contributed by atoms with Gasteiger partial charge >= 0.3 is 5.97 Å². The van der Waals surface area contributed by atoms with Crippen LogP contribution < -0.4 is 5.48 Å². The zero-order valence-electron chi connectivity index (χ0n) is 5.80. The van der Waals surface area contributed by atoms with E-state index in [1.54, 1.807) is 0 Å². The van der Waals surface area contributed by atoms with Crippen molar-refractivity contribution < 1.29 is 9.63 Å². The molecule has 0 radical (unpaired) electrons. The minimum absolute atomic E-state index is 0.0512. The average Bonchev–Trinajstić information content (AvgIpc) is 2.34. The van der Waals surface area contributed by atoms with Crippen molar-refractivity contribution in [3.63, 3.8) is 0 Å². The molecule has 2 rings (SSSR count). The summed E-state index contributed by atoms with van der Waals surface area (Å²) in [6, 6.07) is 0.321. The largest absolute Gasteiger partial charge is 0.370 e. The Hall–Kier alpha value is -0.570. The number of hydrogen-bond acceptors (Lipinski definition) is 3. The van der Waals surface area contributed by atoms with Crippen molar-refractivity contribution in [1.82, 2.24) is 5.48 Å². The van der Waals surface area contributed by atoms with E-state index in [9.17, 15) is 4.79 Å². The summed E-state index contributed by atoms with van der Waals surface area (Å²) in [4.78, 5) is 15.6. The second-order valence-corrected chi connectivity index (χ2v) is 3.04. The monoisotopic (exact) mass is 141 g/mol. The van der Waals surface area contributed by atoms with Crippen molar-refractivity contribution in [1.29, 1.82) is 0 Å². The second-order valence-electron chi connectivity index (χ2n) is 3.04. The summed E-state index contributed by atoms with van der Waals surface area (Å²) < 4.78 is 0. The predicted octanol–water partition coefficient (Wildman–Crippen LogP) is 0.607. The van der Waals surface area contributed by atoms with Crippen molar-refractivity contribution >= 4 is 5.97 Å². The van der Waals surface area contributed by atoms with Crippen molar-refractivity contribution in [2.75, 3.05) is 0 Å². The lowest BCUT2D eigenvalue weighted by Crippen LogP contribution is -2.29. The van der Waals surface area contributed by atoms with Crippen LogP contribution in [0.2, 0.25) is 0 Å². The van der Waals surface area contributed by atoms with Gasteiger partial charge in [0.25, 0.3) is 0 Å². The van der Waals surface area contributed by atoms with E-state index < -0.39 is 0 Å². The highest BCUT2D eigenvalue weighted by molar-refractivity contribution is 5.74. The number of hydrogen-bond donors (Lipinski definition) is 1. The van der Waals surface area contributed by atoms with Crippen molar-refractivity contribution in [3.8, 4) is 0 Å². The SMILES string of the molecule is O=C1ONC2CCCCC12. The van der Waals surface area contributed by atoms with Crippen LogP contribution in [0.3, 0.4) is 0 Å². The zero-order chi connectivity index (χ0) is 6.97. The molecule has 0 aromatic carbocycles. The number of carbonyl (C=O) groups excluding carboxylic acids is 1. The highest BCUT2D eigenvalue weighted by Crippen LogP contribution is 2.28. The molecule has 10 heavy (non-hydrogen) atoms. The maximum Gasteiger partial charge on any atom is 0.329 e. The molecule has 1 aliphatic heterocycles. The average molecular weight is 141 g/mol. The fourth-order valence-electron chi connectivity index (χ4n) is 1.76. The molecule has 1 heterocycles. The van der Waals surface area contributed by atoms with Gasteiger partial charge in [-0.3, -0.25) is 0 Å². The molecule has 0 bridgehead atoms. The Morgan fingerprint density at radius 3 is 3.00 bits per heavy atom. The molecule has 2 unspecified atom stereocenters. The van der Waals surface area contributed by atoms with Crippen molar-refractivity contribution in [3.05, 3.63) is 0 Å². The lowest BCUT2D eigenvalue weighted by atomic mass is 9.86. The summed E-state index contributed by atoms with van der Waals surface area (Å²) in [7, 11) is 0. The Kier molecular flexibility index (Phi) is 1.38. The van der Waals surface area contributed by atoms with E-state index in [1.807, 2.05) is 0 Å². The van der Waals surface area contributed by atoms with Crippen molar-refractivity contribution in [2.45, 2.75) is 31.7 Å². The Morgan fingerprint density at radius 2 is 2.20 bits per heavy atom. The number of fused-ring (bicyclic) bond motifs is 1. The summed E-state index contributed by atoms with van der Waals surface area (Å²) in [5.41, 5.74) is 2.76. The molecule has 1 N–H and O–H groups in total. The number of hydroxylamine groups is 1. The van der Waals surface area contributed by atoms with Gasteiger partial charge in [0.15, 0.2) is 0 Å². The van der Waals surface area contributed by atoms with Gasteiger partial charge in [0.1, 0.15) is 0 Å². The molecule has 0 aromatic heterocycles. The summed E-state index contributed by atoms with van der Waals surface area (Å²) in [6.07, 6.45) is 4.51. The molecule has 0 aromatic rings. The first-order valence-electron chi connectivity index (χ1n) is 3.84. The lowest BCUT2D eigenvalue weighted by molar-refractivity contribution is -0.145. The van der Waals surface area contributed by atoms with E-state index in [4.69, 9.17) is 4.84 Å². The number of carbonyl (C=O) groups is 1.